The lowest BCUT2D eigenvalue weighted by Crippen LogP contribution is -2.49. The van der Waals surface area contributed by atoms with E-state index in [1.165, 1.54) is 11.3 Å². The molecule has 0 aliphatic carbocycles. The van der Waals surface area contributed by atoms with Gasteiger partial charge in [-0.3, -0.25) is 4.79 Å². The molecule has 0 unspecified atom stereocenters. The molecule has 0 saturated carbocycles. The van der Waals surface area contributed by atoms with E-state index < -0.39 is 0 Å². The number of hydrogen-bond donors (Lipinski definition) is 2. The molecular weight excluding hydrogens is 288 g/mol. The Labute approximate surface area is 123 Å². The molecule has 0 atom stereocenters. The zero-order chi connectivity index (χ0) is 12.9. The molecule has 0 aliphatic heterocycles. The fourth-order valence-electron chi connectivity index (χ4n) is 1.46. The van der Waals surface area contributed by atoms with Gasteiger partial charge in [0.05, 0.1) is 0 Å². The summed E-state index contributed by atoms with van der Waals surface area (Å²) in [6.45, 7) is 4.63. The van der Waals surface area contributed by atoms with E-state index in [9.17, 15) is 4.79 Å². The molecule has 0 spiro atoms. The molecule has 1 aromatic rings. The van der Waals surface area contributed by atoms with E-state index in [0.717, 1.165) is 22.6 Å². The largest absolute Gasteiger partial charge is 0.349 e. The minimum Gasteiger partial charge on any atom is -0.349 e. The van der Waals surface area contributed by atoms with Gasteiger partial charge in [-0.1, -0.05) is 13.8 Å². The second-order valence-electron chi connectivity index (χ2n) is 4.07. The summed E-state index contributed by atoms with van der Waals surface area (Å²) in [7, 11) is 0. The van der Waals surface area contributed by atoms with Crippen LogP contribution in [0.25, 0.3) is 0 Å². The van der Waals surface area contributed by atoms with Gasteiger partial charge in [-0.15, -0.1) is 35.5 Å². The number of carbonyl (C=O) groups is 1. The molecule has 1 heterocycles. The average molecular weight is 309 g/mol. The van der Waals surface area contributed by atoms with Crippen molar-refractivity contribution in [2.75, 3.05) is 12.8 Å². The highest BCUT2D eigenvalue weighted by Gasteiger charge is 2.22. The number of rotatable bonds is 6. The van der Waals surface area contributed by atoms with E-state index in [1.807, 2.05) is 31.5 Å². The lowest BCUT2D eigenvalue weighted by atomic mass is 9.94. The molecule has 1 rings (SSSR count). The summed E-state index contributed by atoms with van der Waals surface area (Å²) in [6.07, 6.45) is 3.71. The second-order valence-corrected chi connectivity index (χ2v) is 5.83. The van der Waals surface area contributed by atoms with Crippen LogP contribution in [-0.4, -0.2) is 24.2 Å². The van der Waals surface area contributed by atoms with Gasteiger partial charge in [-0.05, 0) is 30.5 Å². The van der Waals surface area contributed by atoms with Gasteiger partial charge in [0.15, 0.2) is 0 Å². The molecule has 3 N–H and O–H groups in total. The number of halogens is 1. The average Bonchev–Trinajstić information content (AvgIpc) is 2.83. The molecule has 104 valence electrons. The van der Waals surface area contributed by atoms with Crippen molar-refractivity contribution in [3.63, 3.8) is 0 Å². The number of thioether (sulfide) groups is 1. The van der Waals surface area contributed by atoms with Gasteiger partial charge < -0.3 is 11.1 Å². The van der Waals surface area contributed by atoms with Crippen molar-refractivity contribution in [3.8, 4) is 0 Å². The number of nitrogens with one attached hydrogen (secondary N) is 1. The van der Waals surface area contributed by atoms with E-state index in [2.05, 4.69) is 5.32 Å². The highest BCUT2D eigenvalue weighted by molar-refractivity contribution is 7.98. The molecule has 1 amide bonds. The van der Waals surface area contributed by atoms with Gasteiger partial charge in [-0.2, -0.15) is 0 Å². The molecular formula is C12H21ClN2OS2. The number of nitrogens with two attached hydrogens (primary N) is 1. The fraction of sp³-hybridized carbons (Fsp3) is 0.583. The summed E-state index contributed by atoms with van der Waals surface area (Å²) in [6, 6.07) is 1.97. The molecule has 0 aromatic carbocycles. The Balaban J connectivity index is 0.00000289. The summed E-state index contributed by atoms with van der Waals surface area (Å²) in [5.41, 5.74) is 5.87. The van der Waals surface area contributed by atoms with E-state index in [1.54, 1.807) is 11.8 Å². The summed E-state index contributed by atoms with van der Waals surface area (Å²) >= 11 is 3.07. The van der Waals surface area contributed by atoms with Gasteiger partial charge in [-0.25, -0.2) is 0 Å². The number of hydrogen-bond acceptors (Lipinski definition) is 4. The minimum atomic E-state index is -0.285. The molecule has 3 nitrogen and oxygen atoms in total. The molecule has 18 heavy (non-hydrogen) atoms. The maximum absolute atomic E-state index is 12.0. The Morgan fingerprint density at radius 3 is 2.61 bits per heavy atom. The quantitative estimate of drug-likeness (QED) is 0.794. The van der Waals surface area contributed by atoms with Crippen molar-refractivity contribution in [2.24, 2.45) is 5.73 Å². The van der Waals surface area contributed by atoms with Crippen LogP contribution in [0.3, 0.4) is 0 Å². The fourth-order valence-corrected chi connectivity index (χ4v) is 3.13. The maximum Gasteiger partial charge on any atom is 0.262 e. The first-order valence-corrected chi connectivity index (χ1v) is 7.85. The molecule has 0 saturated heterocycles. The van der Waals surface area contributed by atoms with Gasteiger partial charge >= 0.3 is 0 Å². The van der Waals surface area contributed by atoms with Crippen molar-refractivity contribution >= 4 is 41.4 Å². The molecule has 6 heteroatoms. The molecule has 0 bridgehead atoms. The van der Waals surface area contributed by atoms with Crippen LogP contribution < -0.4 is 11.1 Å². The van der Waals surface area contributed by atoms with Crippen LogP contribution in [0.15, 0.2) is 16.3 Å². The molecule has 1 aromatic heterocycles. The van der Waals surface area contributed by atoms with Crippen molar-refractivity contribution in [1.29, 1.82) is 0 Å². The van der Waals surface area contributed by atoms with Crippen LogP contribution in [-0.2, 0) is 0 Å². The van der Waals surface area contributed by atoms with Crippen molar-refractivity contribution < 1.29 is 4.79 Å². The lowest BCUT2D eigenvalue weighted by Gasteiger charge is -2.26. The Bertz CT molecular complexity index is 378. The second kappa shape index (κ2) is 8.04. The lowest BCUT2D eigenvalue weighted by molar-refractivity contribution is 0.0943. The number of carbonyl (C=O) groups excluding carboxylic acids is 1. The van der Waals surface area contributed by atoms with E-state index in [-0.39, 0.29) is 23.9 Å². The van der Waals surface area contributed by atoms with Crippen LogP contribution in [0.4, 0.5) is 0 Å². The van der Waals surface area contributed by atoms with Gasteiger partial charge in [0, 0.05) is 17.0 Å². The summed E-state index contributed by atoms with van der Waals surface area (Å²) in [5.74, 6) is -0.0129. The zero-order valence-corrected chi connectivity index (χ0v) is 13.4. The first-order valence-electron chi connectivity index (χ1n) is 5.75. The van der Waals surface area contributed by atoms with Crippen LogP contribution in [0.2, 0.25) is 0 Å². The third-order valence-corrected chi connectivity index (χ3v) is 4.89. The van der Waals surface area contributed by atoms with Crippen molar-refractivity contribution in [2.45, 2.75) is 37.1 Å². The Morgan fingerprint density at radius 1 is 1.50 bits per heavy atom. The highest BCUT2D eigenvalue weighted by atomic mass is 35.5. The normalized spacial score (nSPS) is 10.9. The predicted octanol–water partition coefficient (Wildman–Crippen LogP) is 3.14. The Morgan fingerprint density at radius 2 is 2.11 bits per heavy atom. The highest BCUT2D eigenvalue weighted by Crippen LogP contribution is 2.25. The smallest absolute Gasteiger partial charge is 0.262 e. The Kier molecular flexibility index (Phi) is 7.94. The molecule has 0 aliphatic rings. The van der Waals surface area contributed by atoms with Gasteiger partial charge in [0.25, 0.3) is 5.91 Å². The maximum atomic E-state index is 12.0. The van der Waals surface area contributed by atoms with Gasteiger partial charge in [0.1, 0.15) is 4.88 Å². The minimum absolute atomic E-state index is 0. The first kappa shape index (κ1) is 17.8. The number of thiophene rings is 1. The SMILES string of the molecule is CCC(N)(CC)CNC(=O)c1sccc1SC.Cl. The summed E-state index contributed by atoms with van der Waals surface area (Å²) < 4.78 is 0. The van der Waals surface area contributed by atoms with Crippen LogP contribution in [0, 0.1) is 0 Å². The predicted molar refractivity (Wildman–Crippen MR) is 83.2 cm³/mol. The third kappa shape index (κ3) is 4.46. The van der Waals surface area contributed by atoms with E-state index in [0.29, 0.717) is 6.54 Å². The molecule has 0 fully saturated rings. The van der Waals surface area contributed by atoms with E-state index >= 15 is 0 Å². The van der Waals surface area contributed by atoms with Crippen LogP contribution in [0.5, 0.6) is 0 Å². The first-order chi connectivity index (χ1) is 8.06. The summed E-state index contributed by atoms with van der Waals surface area (Å²) in [4.78, 5) is 13.8. The van der Waals surface area contributed by atoms with Crippen LogP contribution >= 0.6 is 35.5 Å². The topological polar surface area (TPSA) is 55.1 Å². The third-order valence-electron chi connectivity index (χ3n) is 3.06. The van der Waals surface area contributed by atoms with Crippen LogP contribution in [0.1, 0.15) is 36.4 Å². The van der Waals surface area contributed by atoms with E-state index in [4.69, 9.17) is 5.73 Å². The monoisotopic (exact) mass is 308 g/mol. The standard InChI is InChI=1S/C12H20N2OS2.ClH/c1-4-12(13,5-2)8-14-11(15)10-9(16-3)6-7-17-10;/h6-7H,4-5,8,13H2,1-3H3,(H,14,15);1H. The summed E-state index contributed by atoms with van der Waals surface area (Å²) in [5, 5.41) is 4.88. The van der Waals surface area contributed by atoms with Crippen molar-refractivity contribution in [3.05, 3.63) is 16.3 Å². The zero-order valence-electron chi connectivity index (χ0n) is 11.0. The van der Waals surface area contributed by atoms with Crippen molar-refractivity contribution in [1.82, 2.24) is 5.32 Å². The number of amides is 1. The van der Waals surface area contributed by atoms with Gasteiger partial charge in [0.2, 0.25) is 0 Å². The molecule has 0 radical (unpaired) electrons. The Hall–Kier alpha value is -0.230.